The molecule has 0 radical (unpaired) electrons. The van der Waals surface area contributed by atoms with E-state index in [0.29, 0.717) is 12.2 Å². The molecular weight excluding hydrogens is 244 g/mol. The molecule has 0 unspecified atom stereocenters. The van der Waals surface area contributed by atoms with Crippen molar-refractivity contribution in [2.24, 2.45) is 0 Å². The van der Waals surface area contributed by atoms with Crippen molar-refractivity contribution in [3.05, 3.63) is 35.9 Å². The average molecular weight is 253 g/mol. The molecule has 0 heterocycles. The third-order valence-electron chi connectivity index (χ3n) is 1.23. The number of benzene rings is 1. The number of ether oxygens (including phenoxy) is 1. The molecule has 0 saturated heterocycles. The van der Waals surface area contributed by atoms with Crippen LogP contribution in [-0.4, -0.2) is 35.6 Å². The molecule has 1 aromatic carbocycles. The molecule has 0 aromatic heterocycles. The summed E-state index contributed by atoms with van der Waals surface area (Å²) in [6.07, 6.45) is 0. The fourth-order valence-corrected chi connectivity index (χ4v) is 0.737. The molecule has 0 amide bonds. The first kappa shape index (κ1) is 15.4. The van der Waals surface area contributed by atoms with Crippen LogP contribution in [0.25, 0.3) is 0 Å². The third kappa shape index (κ3) is 5.28. The van der Waals surface area contributed by atoms with Crippen LogP contribution < -0.4 is 17.0 Å². The Hall–Kier alpha value is -0.0638. The van der Waals surface area contributed by atoms with Crippen LogP contribution in [0, 0.1) is 6.07 Å². The van der Waals surface area contributed by atoms with Gasteiger partial charge in [-0.15, -0.1) is 0 Å². The van der Waals surface area contributed by atoms with Gasteiger partial charge in [0.1, 0.15) is 0 Å². The molecule has 0 spiro atoms. The maximum absolute atomic E-state index is 11.0. The summed E-state index contributed by atoms with van der Waals surface area (Å²) >= 11 is 0. The van der Waals surface area contributed by atoms with Crippen molar-refractivity contribution in [2.45, 2.75) is 6.92 Å². The predicted octanol–water partition coefficient (Wildman–Crippen LogP) is -1.71. The first-order valence-electron chi connectivity index (χ1n) is 3.48. The van der Waals surface area contributed by atoms with Crippen molar-refractivity contribution in [1.29, 1.82) is 0 Å². The van der Waals surface area contributed by atoms with E-state index in [4.69, 9.17) is 4.74 Å². The van der Waals surface area contributed by atoms with Crippen LogP contribution >= 0.6 is 0 Å². The van der Waals surface area contributed by atoms with Gasteiger partial charge in [-0.2, -0.15) is 30.3 Å². The van der Waals surface area contributed by atoms with Gasteiger partial charge >= 0.3 is 29.0 Å². The monoisotopic (exact) mass is 252 g/mol. The minimum Gasteiger partial charge on any atom is -1.00 e. The minimum atomic E-state index is -0.276. The zero-order chi connectivity index (χ0) is 8.10. The second-order valence-corrected chi connectivity index (χ2v) is 2.01. The Bertz CT molecular complexity index is 239. The van der Waals surface area contributed by atoms with E-state index in [1.54, 1.807) is 31.2 Å². The standard InChI is InChI=1S/C9H9O2.BrH.Mg/c1-2-11-9(10)8-6-4-3-5-7-8;;/h4-7H,2H2,1H3;1H;/q-1;;+2/p-1. The summed E-state index contributed by atoms with van der Waals surface area (Å²) in [7, 11) is 0. The van der Waals surface area contributed by atoms with Crippen LogP contribution in [0.1, 0.15) is 17.3 Å². The van der Waals surface area contributed by atoms with Gasteiger partial charge < -0.3 is 21.7 Å². The first-order chi connectivity index (χ1) is 5.34. The molecule has 13 heavy (non-hydrogen) atoms. The Kier molecular flexibility index (Phi) is 10.1. The maximum Gasteiger partial charge on any atom is 2.00 e. The summed E-state index contributed by atoms with van der Waals surface area (Å²) in [6, 6.07) is 9.55. The smallest absolute Gasteiger partial charge is 1.00 e. The van der Waals surface area contributed by atoms with Gasteiger partial charge in [0.05, 0.1) is 6.61 Å². The molecule has 0 saturated carbocycles. The van der Waals surface area contributed by atoms with Gasteiger partial charge in [-0.1, -0.05) is 0 Å². The van der Waals surface area contributed by atoms with Gasteiger partial charge in [0.25, 0.3) is 0 Å². The van der Waals surface area contributed by atoms with Gasteiger partial charge in [0.2, 0.25) is 0 Å². The summed E-state index contributed by atoms with van der Waals surface area (Å²) < 4.78 is 4.78. The fraction of sp³-hybridized carbons (Fsp3) is 0.222. The molecule has 0 aliphatic heterocycles. The molecule has 0 aliphatic rings. The number of hydrogen-bond acceptors (Lipinski definition) is 2. The molecule has 4 heteroatoms. The molecule has 0 aliphatic carbocycles. The molecule has 0 fully saturated rings. The Balaban J connectivity index is 0. The Morgan fingerprint density at radius 1 is 1.46 bits per heavy atom. The van der Waals surface area contributed by atoms with Crippen molar-refractivity contribution < 1.29 is 26.5 Å². The Morgan fingerprint density at radius 2 is 2.00 bits per heavy atom. The van der Waals surface area contributed by atoms with Crippen molar-refractivity contribution >= 4 is 29.0 Å². The minimum absolute atomic E-state index is 0. The van der Waals surface area contributed by atoms with E-state index in [0.717, 1.165) is 0 Å². The fourth-order valence-electron chi connectivity index (χ4n) is 0.737. The van der Waals surface area contributed by atoms with E-state index in [2.05, 4.69) is 6.07 Å². The van der Waals surface area contributed by atoms with E-state index >= 15 is 0 Å². The maximum atomic E-state index is 11.0. The molecule has 0 N–H and O–H groups in total. The van der Waals surface area contributed by atoms with Crippen LogP contribution in [-0.2, 0) is 4.74 Å². The average Bonchev–Trinajstić information content (AvgIpc) is 2.07. The summed E-state index contributed by atoms with van der Waals surface area (Å²) in [4.78, 5) is 11.0. The zero-order valence-electron chi connectivity index (χ0n) is 7.42. The normalized spacial score (nSPS) is 7.77. The SMILES string of the molecule is CCOC(=O)c1cc[c-]cc1.[Br-].[Mg+2]. The summed E-state index contributed by atoms with van der Waals surface area (Å²) in [5.41, 5.74) is 0.575. The Labute approximate surface area is 105 Å². The number of rotatable bonds is 2. The van der Waals surface area contributed by atoms with Crippen molar-refractivity contribution in [3.8, 4) is 0 Å². The van der Waals surface area contributed by atoms with Crippen molar-refractivity contribution in [3.63, 3.8) is 0 Å². The summed E-state index contributed by atoms with van der Waals surface area (Å²) in [6.45, 7) is 2.20. The number of hydrogen-bond donors (Lipinski definition) is 0. The van der Waals surface area contributed by atoms with Crippen LogP contribution in [0.2, 0.25) is 0 Å². The second-order valence-electron chi connectivity index (χ2n) is 2.01. The first-order valence-corrected chi connectivity index (χ1v) is 3.48. The van der Waals surface area contributed by atoms with Crippen LogP contribution in [0.3, 0.4) is 0 Å². The molecular formula is C9H9BrMgO2. The van der Waals surface area contributed by atoms with Crippen LogP contribution in [0.5, 0.6) is 0 Å². The van der Waals surface area contributed by atoms with Crippen molar-refractivity contribution in [2.75, 3.05) is 6.61 Å². The van der Waals surface area contributed by atoms with Gasteiger partial charge in [-0.3, -0.25) is 0 Å². The predicted molar refractivity (Wildman–Crippen MR) is 47.0 cm³/mol. The zero-order valence-corrected chi connectivity index (χ0v) is 10.4. The second kappa shape index (κ2) is 8.53. The van der Waals surface area contributed by atoms with E-state index in [1.165, 1.54) is 0 Å². The van der Waals surface area contributed by atoms with Gasteiger partial charge in [0.15, 0.2) is 0 Å². The van der Waals surface area contributed by atoms with E-state index in [1.807, 2.05) is 0 Å². The third-order valence-corrected chi connectivity index (χ3v) is 1.23. The van der Waals surface area contributed by atoms with E-state index in [9.17, 15) is 4.79 Å². The van der Waals surface area contributed by atoms with Gasteiger partial charge in [0, 0.05) is 0 Å². The van der Waals surface area contributed by atoms with Crippen molar-refractivity contribution in [1.82, 2.24) is 0 Å². The molecule has 2 nitrogen and oxygen atoms in total. The molecule has 66 valence electrons. The number of carbonyl (C=O) groups is 1. The summed E-state index contributed by atoms with van der Waals surface area (Å²) in [5.74, 6) is -0.276. The van der Waals surface area contributed by atoms with Crippen LogP contribution in [0.15, 0.2) is 24.3 Å². The topological polar surface area (TPSA) is 26.3 Å². The number of esters is 1. The molecule has 1 aromatic rings. The van der Waals surface area contributed by atoms with E-state index in [-0.39, 0.29) is 46.0 Å². The number of halogens is 1. The molecule has 1 rings (SSSR count). The van der Waals surface area contributed by atoms with Crippen LogP contribution in [0.4, 0.5) is 0 Å². The van der Waals surface area contributed by atoms with E-state index < -0.39 is 0 Å². The molecule has 0 bridgehead atoms. The Morgan fingerprint density at radius 3 is 2.46 bits per heavy atom. The summed E-state index contributed by atoms with van der Waals surface area (Å²) in [5, 5.41) is 0. The number of carbonyl (C=O) groups excluding carboxylic acids is 1. The van der Waals surface area contributed by atoms with Gasteiger partial charge in [-0.25, -0.2) is 4.79 Å². The molecule has 0 atom stereocenters. The quantitative estimate of drug-likeness (QED) is 0.356. The van der Waals surface area contributed by atoms with Gasteiger partial charge in [-0.05, 0) is 12.5 Å². The largest absolute Gasteiger partial charge is 2.00 e.